The maximum atomic E-state index is 12.9. The predicted molar refractivity (Wildman–Crippen MR) is 73.7 cm³/mol. The van der Waals surface area contributed by atoms with Gasteiger partial charge in [-0.05, 0) is 42.5 Å². The molecule has 0 aliphatic carbocycles. The van der Waals surface area contributed by atoms with Gasteiger partial charge in [-0.3, -0.25) is 0 Å². The smallest absolute Gasteiger partial charge is 0.417 e. The van der Waals surface area contributed by atoms with Crippen LogP contribution in [0.5, 0.6) is 0 Å². The molecule has 0 fully saturated rings. The zero-order valence-corrected chi connectivity index (χ0v) is 11.7. The summed E-state index contributed by atoms with van der Waals surface area (Å²) in [6.45, 7) is 0. The lowest BCUT2D eigenvalue weighted by Gasteiger charge is -2.10. The van der Waals surface area contributed by atoms with E-state index in [2.05, 4.69) is 0 Å². The molecule has 0 aliphatic rings. The Bertz CT molecular complexity index is 749. The van der Waals surface area contributed by atoms with E-state index in [4.69, 9.17) is 10.4 Å². The van der Waals surface area contributed by atoms with Crippen molar-refractivity contribution in [2.24, 2.45) is 0 Å². The first kappa shape index (κ1) is 15.9. The van der Waals surface area contributed by atoms with Crippen LogP contribution in [0.25, 0.3) is 0 Å². The van der Waals surface area contributed by atoms with Crippen LogP contribution in [-0.4, -0.2) is 11.1 Å². The molecule has 7 heteroatoms. The third-order valence-electron chi connectivity index (χ3n) is 2.75. The molecule has 1 N–H and O–H groups in total. The van der Waals surface area contributed by atoms with Gasteiger partial charge in [-0.25, -0.2) is 4.79 Å². The number of nitriles is 1. The highest BCUT2D eigenvalue weighted by Crippen LogP contribution is 2.36. The molecule has 0 aromatic heterocycles. The Hall–Kier alpha value is -2.46. The second-order valence-electron chi connectivity index (χ2n) is 4.25. The zero-order chi connectivity index (χ0) is 16.3. The Morgan fingerprint density at radius 2 is 1.68 bits per heavy atom. The van der Waals surface area contributed by atoms with Crippen molar-refractivity contribution in [1.29, 1.82) is 5.26 Å². The lowest BCUT2D eigenvalue weighted by atomic mass is 10.1. The molecule has 0 heterocycles. The van der Waals surface area contributed by atoms with Crippen LogP contribution in [0, 0.1) is 11.3 Å². The molecule has 0 saturated carbocycles. The second kappa shape index (κ2) is 6.12. The van der Waals surface area contributed by atoms with Gasteiger partial charge in [-0.15, -0.1) is 0 Å². The average Bonchev–Trinajstić information content (AvgIpc) is 2.47. The van der Waals surface area contributed by atoms with Crippen LogP contribution >= 0.6 is 11.8 Å². The topological polar surface area (TPSA) is 61.1 Å². The van der Waals surface area contributed by atoms with Crippen molar-refractivity contribution in [1.82, 2.24) is 0 Å². The normalized spacial score (nSPS) is 11.0. The minimum atomic E-state index is -4.60. The molecule has 2 aromatic carbocycles. The van der Waals surface area contributed by atoms with Gasteiger partial charge in [-0.1, -0.05) is 11.8 Å². The van der Waals surface area contributed by atoms with Gasteiger partial charge in [0.15, 0.2) is 0 Å². The van der Waals surface area contributed by atoms with Gasteiger partial charge in [0, 0.05) is 9.79 Å². The summed E-state index contributed by atoms with van der Waals surface area (Å²) in [6, 6.07) is 10.7. The largest absolute Gasteiger partial charge is 0.478 e. The van der Waals surface area contributed by atoms with Crippen LogP contribution in [0.2, 0.25) is 0 Å². The highest BCUT2D eigenvalue weighted by molar-refractivity contribution is 7.99. The van der Waals surface area contributed by atoms with Crippen molar-refractivity contribution in [3.05, 3.63) is 59.2 Å². The molecule has 0 amide bonds. The molecule has 0 radical (unpaired) electrons. The van der Waals surface area contributed by atoms with Crippen LogP contribution in [0.4, 0.5) is 13.2 Å². The van der Waals surface area contributed by atoms with Crippen LogP contribution in [-0.2, 0) is 6.18 Å². The lowest BCUT2D eigenvalue weighted by molar-refractivity contribution is -0.137. The first-order chi connectivity index (χ1) is 10.3. The van der Waals surface area contributed by atoms with Crippen LogP contribution in [0.1, 0.15) is 21.5 Å². The Morgan fingerprint density at radius 3 is 2.18 bits per heavy atom. The third-order valence-corrected chi connectivity index (χ3v) is 3.75. The molecule has 0 unspecified atom stereocenters. The zero-order valence-electron chi connectivity index (χ0n) is 10.9. The van der Waals surface area contributed by atoms with E-state index < -0.39 is 23.3 Å². The number of hydrogen-bond acceptors (Lipinski definition) is 3. The van der Waals surface area contributed by atoms with E-state index in [0.29, 0.717) is 9.79 Å². The first-order valence-corrected chi connectivity index (χ1v) is 6.75. The molecular formula is C15H8F3NO2S. The van der Waals surface area contributed by atoms with Crippen LogP contribution < -0.4 is 0 Å². The summed E-state index contributed by atoms with van der Waals surface area (Å²) in [5, 5.41) is 17.5. The van der Waals surface area contributed by atoms with Gasteiger partial charge in [0.2, 0.25) is 0 Å². The van der Waals surface area contributed by atoms with Gasteiger partial charge >= 0.3 is 12.1 Å². The fourth-order valence-electron chi connectivity index (χ4n) is 1.72. The summed E-state index contributed by atoms with van der Waals surface area (Å²) in [4.78, 5) is 11.6. The Balaban J connectivity index is 2.30. The number of carboxylic acids is 1. The summed E-state index contributed by atoms with van der Waals surface area (Å²) in [7, 11) is 0. The molecule has 0 bridgehead atoms. The molecule has 3 nitrogen and oxygen atoms in total. The Morgan fingerprint density at radius 1 is 1.09 bits per heavy atom. The SMILES string of the molecule is N#Cc1ccc(Sc2ccc(C(=O)O)cc2)cc1C(F)(F)F. The van der Waals surface area contributed by atoms with E-state index >= 15 is 0 Å². The number of nitrogens with zero attached hydrogens (tertiary/aromatic N) is 1. The monoisotopic (exact) mass is 323 g/mol. The molecule has 0 spiro atoms. The van der Waals surface area contributed by atoms with E-state index in [0.717, 1.165) is 23.9 Å². The number of alkyl halides is 3. The number of hydrogen-bond donors (Lipinski definition) is 1. The van der Waals surface area contributed by atoms with Crippen molar-refractivity contribution in [2.45, 2.75) is 16.0 Å². The third kappa shape index (κ3) is 3.59. The maximum Gasteiger partial charge on any atom is 0.417 e. The molecule has 112 valence electrons. The fourth-order valence-corrected chi connectivity index (χ4v) is 2.58. The quantitative estimate of drug-likeness (QED) is 0.908. The van der Waals surface area contributed by atoms with Gasteiger partial charge in [0.1, 0.15) is 0 Å². The molecular weight excluding hydrogens is 315 g/mol. The first-order valence-electron chi connectivity index (χ1n) is 5.94. The van der Waals surface area contributed by atoms with Crippen molar-refractivity contribution in [3.63, 3.8) is 0 Å². The molecule has 0 atom stereocenters. The lowest BCUT2D eigenvalue weighted by Crippen LogP contribution is -2.07. The molecule has 22 heavy (non-hydrogen) atoms. The molecule has 0 aliphatic heterocycles. The van der Waals surface area contributed by atoms with Crippen LogP contribution in [0.3, 0.4) is 0 Å². The summed E-state index contributed by atoms with van der Waals surface area (Å²) in [6.07, 6.45) is -4.60. The summed E-state index contributed by atoms with van der Waals surface area (Å²) < 4.78 is 38.6. The van der Waals surface area contributed by atoms with Crippen molar-refractivity contribution >= 4 is 17.7 Å². The number of carboxylic acid groups (broad SMARTS) is 1. The van der Waals surface area contributed by atoms with Gasteiger partial charge in [-0.2, -0.15) is 18.4 Å². The molecule has 2 aromatic rings. The van der Waals surface area contributed by atoms with E-state index in [1.54, 1.807) is 0 Å². The summed E-state index contributed by atoms with van der Waals surface area (Å²) >= 11 is 1.06. The highest BCUT2D eigenvalue weighted by atomic mass is 32.2. The highest BCUT2D eigenvalue weighted by Gasteiger charge is 2.33. The van der Waals surface area contributed by atoms with Crippen molar-refractivity contribution in [2.75, 3.05) is 0 Å². The van der Waals surface area contributed by atoms with Crippen LogP contribution in [0.15, 0.2) is 52.3 Å². The van der Waals surface area contributed by atoms with E-state index in [-0.39, 0.29) is 5.56 Å². The van der Waals surface area contributed by atoms with Gasteiger partial charge < -0.3 is 5.11 Å². The summed E-state index contributed by atoms with van der Waals surface area (Å²) in [5.74, 6) is -1.07. The predicted octanol–water partition coefficient (Wildman–Crippen LogP) is 4.43. The van der Waals surface area contributed by atoms with E-state index in [1.165, 1.54) is 36.4 Å². The number of rotatable bonds is 3. The number of benzene rings is 2. The average molecular weight is 323 g/mol. The minimum Gasteiger partial charge on any atom is -0.478 e. The standard InChI is InChI=1S/C15H8F3NO2S/c16-15(17,18)13-7-12(6-3-10(13)8-19)22-11-4-1-9(2-5-11)14(20)21/h1-7H,(H,20,21). The maximum absolute atomic E-state index is 12.9. The Labute approximate surface area is 128 Å². The second-order valence-corrected chi connectivity index (χ2v) is 5.40. The van der Waals surface area contributed by atoms with Crippen molar-refractivity contribution < 1.29 is 23.1 Å². The fraction of sp³-hybridized carbons (Fsp3) is 0.0667. The number of halogens is 3. The van der Waals surface area contributed by atoms with E-state index in [1.807, 2.05) is 0 Å². The van der Waals surface area contributed by atoms with Gasteiger partial charge in [0.05, 0.1) is 22.8 Å². The number of aromatic carboxylic acids is 1. The molecule has 0 saturated heterocycles. The summed E-state index contributed by atoms with van der Waals surface area (Å²) in [5.41, 5.74) is -1.32. The van der Waals surface area contributed by atoms with Gasteiger partial charge in [0.25, 0.3) is 0 Å². The Kier molecular flexibility index (Phi) is 4.43. The molecule has 2 rings (SSSR count). The van der Waals surface area contributed by atoms with Crippen molar-refractivity contribution in [3.8, 4) is 6.07 Å². The minimum absolute atomic E-state index is 0.0974. The number of carbonyl (C=O) groups is 1. The van der Waals surface area contributed by atoms with E-state index in [9.17, 15) is 18.0 Å².